The summed E-state index contributed by atoms with van der Waals surface area (Å²) in [5, 5.41) is 7.01. The van der Waals surface area contributed by atoms with E-state index in [-0.39, 0.29) is 11.9 Å². The highest BCUT2D eigenvalue weighted by Gasteiger charge is 2.32. The second-order valence-electron chi connectivity index (χ2n) is 4.80. The predicted molar refractivity (Wildman–Crippen MR) is 68.2 cm³/mol. The van der Waals surface area contributed by atoms with Crippen molar-refractivity contribution in [2.24, 2.45) is 0 Å². The van der Waals surface area contributed by atoms with Crippen LogP contribution in [0.2, 0.25) is 5.02 Å². The fourth-order valence-electron chi connectivity index (χ4n) is 2.73. The largest absolute Gasteiger partial charge is 0.324 e. The van der Waals surface area contributed by atoms with Gasteiger partial charge in [0.2, 0.25) is 5.91 Å². The SMILES string of the molecule is O=C1Nc2ccc(Cl)cc2C1NC1CCCC1. The Kier molecular flexibility index (Phi) is 2.81. The van der Waals surface area contributed by atoms with Gasteiger partial charge in [-0.25, -0.2) is 0 Å². The molecule has 1 heterocycles. The number of rotatable bonds is 2. The summed E-state index contributed by atoms with van der Waals surface area (Å²) in [5.74, 6) is 0.0363. The molecule has 90 valence electrons. The maximum Gasteiger partial charge on any atom is 0.246 e. The number of hydrogen-bond acceptors (Lipinski definition) is 2. The van der Waals surface area contributed by atoms with E-state index in [1.165, 1.54) is 25.7 Å². The van der Waals surface area contributed by atoms with Gasteiger partial charge in [-0.1, -0.05) is 24.4 Å². The van der Waals surface area contributed by atoms with E-state index in [2.05, 4.69) is 10.6 Å². The monoisotopic (exact) mass is 250 g/mol. The number of nitrogens with one attached hydrogen (secondary N) is 2. The lowest BCUT2D eigenvalue weighted by atomic mass is 10.1. The zero-order valence-corrected chi connectivity index (χ0v) is 10.3. The van der Waals surface area contributed by atoms with Gasteiger partial charge in [0.05, 0.1) is 0 Å². The number of anilines is 1. The van der Waals surface area contributed by atoms with Crippen molar-refractivity contribution in [3.63, 3.8) is 0 Å². The van der Waals surface area contributed by atoms with E-state index < -0.39 is 0 Å². The lowest BCUT2D eigenvalue weighted by Crippen LogP contribution is -2.34. The molecule has 17 heavy (non-hydrogen) atoms. The minimum Gasteiger partial charge on any atom is -0.324 e. The first-order valence-electron chi connectivity index (χ1n) is 6.10. The van der Waals surface area contributed by atoms with E-state index in [0.717, 1.165) is 11.3 Å². The summed E-state index contributed by atoms with van der Waals surface area (Å²) in [4.78, 5) is 11.9. The first kappa shape index (κ1) is 11.1. The normalized spacial score (nSPS) is 23.8. The molecular formula is C13H15ClN2O. The molecule has 0 spiro atoms. The molecule has 1 aliphatic heterocycles. The molecule has 0 radical (unpaired) electrons. The molecule has 1 aliphatic carbocycles. The first-order chi connectivity index (χ1) is 8.24. The van der Waals surface area contributed by atoms with Crippen LogP contribution < -0.4 is 10.6 Å². The van der Waals surface area contributed by atoms with Gasteiger partial charge in [0, 0.05) is 22.3 Å². The summed E-state index contributed by atoms with van der Waals surface area (Å²) in [6.07, 6.45) is 4.85. The van der Waals surface area contributed by atoms with Crippen LogP contribution in [-0.2, 0) is 4.79 Å². The highest BCUT2D eigenvalue weighted by atomic mass is 35.5. The van der Waals surface area contributed by atoms with Crippen LogP contribution in [0.15, 0.2) is 18.2 Å². The van der Waals surface area contributed by atoms with Crippen LogP contribution in [0, 0.1) is 0 Å². The maximum atomic E-state index is 11.9. The molecule has 2 N–H and O–H groups in total. The van der Waals surface area contributed by atoms with E-state index in [0.29, 0.717) is 11.1 Å². The molecule has 0 saturated heterocycles. The van der Waals surface area contributed by atoms with Gasteiger partial charge in [0.1, 0.15) is 6.04 Å². The molecule has 1 aromatic rings. The van der Waals surface area contributed by atoms with Crippen molar-refractivity contribution in [3.05, 3.63) is 28.8 Å². The van der Waals surface area contributed by atoms with Gasteiger partial charge >= 0.3 is 0 Å². The number of amides is 1. The zero-order chi connectivity index (χ0) is 11.8. The van der Waals surface area contributed by atoms with E-state index in [1.807, 2.05) is 12.1 Å². The predicted octanol–water partition coefficient (Wildman–Crippen LogP) is 2.87. The quantitative estimate of drug-likeness (QED) is 0.848. The molecule has 4 heteroatoms. The molecule has 1 unspecified atom stereocenters. The minimum absolute atomic E-state index is 0.0363. The summed E-state index contributed by atoms with van der Waals surface area (Å²) >= 11 is 5.99. The standard InChI is InChI=1S/C13H15ClN2O/c14-8-5-6-11-10(7-8)12(13(17)16-11)15-9-3-1-2-4-9/h5-7,9,12,15H,1-4H2,(H,16,17). The van der Waals surface area contributed by atoms with Crippen LogP contribution in [-0.4, -0.2) is 11.9 Å². The Bertz CT molecular complexity index is 455. The smallest absolute Gasteiger partial charge is 0.246 e. The summed E-state index contributed by atoms with van der Waals surface area (Å²) in [6.45, 7) is 0. The third-order valence-corrected chi connectivity index (χ3v) is 3.84. The van der Waals surface area contributed by atoms with Crippen molar-refractivity contribution in [1.29, 1.82) is 0 Å². The van der Waals surface area contributed by atoms with Gasteiger partial charge in [-0.05, 0) is 31.0 Å². The highest BCUT2D eigenvalue weighted by Crippen LogP contribution is 2.34. The number of benzene rings is 1. The molecule has 1 saturated carbocycles. The topological polar surface area (TPSA) is 41.1 Å². The lowest BCUT2D eigenvalue weighted by molar-refractivity contribution is -0.117. The van der Waals surface area contributed by atoms with E-state index in [4.69, 9.17) is 11.6 Å². The summed E-state index contributed by atoms with van der Waals surface area (Å²) in [5.41, 5.74) is 1.87. The van der Waals surface area contributed by atoms with Crippen LogP contribution in [0.5, 0.6) is 0 Å². The van der Waals surface area contributed by atoms with Crippen molar-refractivity contribution in [1.82, 2.24) is 5.32 Å². The second kappa shape index (κ2) is 4.31. The van der Waals surface area contributed by atoms with Crippen molar-refractivity contribution in [3.8, 4) is 0 Å². The lowest BCUT2D eigenvalue weighted by Gasteiger charge is -2.17. The average Bonchev–Trinajstić information content (AvgIpc) is 2.90. The van der Waals surface area contributed by atoms with Crippen molar-refractivity contribution >= 4 is 23.2 Å². The average molecular weight is 251 g/mol. The van der Waals surface area contributed by atoms with Crippen LogP contribution in [0.25, 0.3) is 0 Å². The van der Waals surface area contributed by atoms with Gasteiger partial charge < -0.3 is 5.32 Å². The second-order valence-corrected chi connectivity index (χ2v) is 5.24. The van der Waals surface area contributed by atoms with E-state index >= 15 is 0 Å². The number of halogens is 1. The Balaban J connectivity index is 1.85. The molecule has 1 fully saturated rings. The van der Waals surface area contributed by atoms with Gasteiger partial charge in [0.15, 0.2) is 0 Å². The Morgan fingerprint density at radius 3 is 2.82 bits per heavy atom. The van der Waals surface area contributed by atoms with Crippen molar-refractivity contribution in [2.45, 2.75) is 37.8 Å². The zero-order valence-electron chi connectivity index (χ0n) is 9.50. The molecule has 1 atom stereocenters. The van der Waals surface area contributed by atoms with E-state index in [9.17, 15) is 4.79 Å². The van der Waals surface area contributed by atoms with Gasteiger partial charge in [-0.3, -0.25) is 10.1 Å². The fraction of sp³-hybridized carbons (Fsp3) is 0.462. The first-order valence-corrected chi connectivity index (χ1v) is 6.48. The fourth-order valence-corrected chi connectivity index (χ4v) is 2.91. The van der Waals surface area contributed by atoms with Gasteiger partial charge in [-0.15, -0.1) is 0 Å². The molecule has 1 aromatic carbocycles. The summed E-state index contributed by atoms with van der Waals surface area (Å²) in [6, 6.07) is 5.79. The summed E-state index contributed by atoms with van der Waals surface area (Å²) in [7, 11) is 0. The van der Waals surface area contributed by atoms with Gasteiger partial charge in [0.25, 0.3) is 0 Å². The third kappa shape index (κ3) is 2.05. The molecular weight excluding hydrogens is 236 g/mol. The Hall–Kier alpha value is -1.06. The number of hydrogen-bond donors (Lipinski definition) is 2. The maximum absolute atomic E-state index is 11.9. The van der Waals surface area contributed by atoms with Crippen molar-refractivity contribution < 1.29 is 4.79 Å². The highest BCUT2D eigenvalue weighted by molar-refractivity contribution is 6.31. The number of fused-ring (bicyclic) bond motifs is 1. The number of carbonyl (C=O) groups is 1. The molecule has 0 aromatic heterocycles. The van der Waals surface area contributed by atoms with Crippen LogP contribution in [0.3, 0.4) is 0 Å². The minimum atomic E-state index is -0.230. The Labute approximate surface area is 106 Å². The van der Waals surface area contributed by atoms with Crippen LogP contribution in [0.4, 0.5) is 5.69 Å². The van der Waals surface area contributed by atoms with Crippen LogP contribution in [0.1, 0.15) is 37.3 Å². The molecule has 3 nitrogen and oxygen atoms in total. The number of carbonyl (C=O) groups excluding carboxylic acids is 1. The Morgan fingerprint density at radius 1 is 1.29 bits per heavy atom. The van der Waals surface area contributed by atoms with Gasteiger partial charge in [-0.2, -0.15) is 0 Å². The molecule has 0 bridgehead atoms. The molecule has 2 aliphatic rings. The third-order valence-electron chi connectivity index (χ3n) is 3.60. The molecule has 3 rings (SSSR count). The van der Waals surface area contributed by atoms with Crippen LogP contribution >= 0.6 is 11.6 Å². The summed E-state index contributed by atoms with van der Waals surface area (Å²) < 4.78 is 0. The molecule has 1 amide bonds. The Morgan fingerprint density at radius 2 is 2.06 bits per heavy atom. The van der Waals surface area contributed by atoms with Crippen molar-refractivity contribution in [2.75, 3.05) is 5.32 Å². The van der Waals surface area contributed by atoms with E-state index in [1.54, 1.807) is 6.07 Å².